The molecule has 4 nitrogen and oxygen atoms in total. The summed E-state index contributed by atoms with van der Waals surface area (Å²) < 4.78 is 10.3. The molecule has 0 bridgehead atoms. The van der Waals surface area contributed by atoms with Gasteiger partial charge in [-0.25, -0.2) is 4.79 Å². The maximum atomic E-state index is 10.6. The van der Waals surface area contributed by atoms with Gasteiger partial charge in [-0.3, -0.25) is 0 Å². The van der Waals surface area contributed by atoms with Gasteiger partial charge in [0.15, 0.2) is 0 Å². The van der Waals surface area contributed by atoms with Crippen molar-refractivity contribution in [1.29, 1.82) is 0 Å². The lowest BCUT2D eigenvalue weighted by atomic mass is 10.2. The van der Waals surface area contributed by atoms with Crippen molar-refractivity contribution in [2.75, 3.05) is 6.61 Å². The van der Waals surface area contributed by atoms with Gasteiger partial charge >= 0.3 is 5.97 Å². The minimum Gasteiger partial charge on any atom is -0.478 e. The zero-order chi connectivity index (χ0) is 9.84. The van der Waals surface area contributed by atoms with Crippen molar-refractivity contribution in [2.24, 2.45) is 0 Å². The van der Waals surface area contributed by atoms with Crippen LogP contribution in [-0.4, -0.2) is 17.7 Å². The van der Waals surface area contributed by atoms with Gasteiger partial charge in [0.1, 0.15) is 23.7 Å². The zero-order valence-electron chi connectivity index (χ0n) is 7.66. The van der Waals surface area contributed by atoms with Crippen molar-refractivity contribution in [3.05, 3.63) is 23.2 Å². The Balaban J connectivity index is 2.76. The van der Waals surface area contributed by atoms with Crippen LogP contribution in [-0.2, 0) is 11.3 Å². The number of ether oxygens (including phenoxy) is 1. The summed E-state index contributed by atoms with van der Waals surface area (Å²) in [5.74, 6) is 0.00273. The van der Waals surface area contributed by atoms with Crippen LogP contribution in [0.4, 0.5) is 0 Å². The molecule has 0 aliphatic carbocycles. The molecule has 0 aromatic carbocycles. The summed E-state index contributed by atoms with van der Waals surface area (Å²) in [6, 6.07) is 1.49. The molecule has 13 heavy (non-hydrogen) atoms. The topological polar surface area (TPSA) is 59.7 Å². The minimum atomic E-state index is -0.969. The quantitative estimate of drug-likeness (QED) is 0.775. The summed E-state index contributed by atoms with van der Waals surface area (Å²) in [6.45, 7) is 4.40. The Morgan fingerprint density at radius 2 is 2.38 bits per heavy atom. The van der Waals surface area contributed by atoms with Crippen molar-refractivity contribution in [3.8, 4) is 0 Å². The van der Waals surface area contributed by atoms with Gasteiger partial charge in [0.25, 0.3) is 0 Å². The lowest BCUT2D eigenvalue weighted by Crippen LogP contribution is -1.95. The van der Waals surface area contributed by atoms with E-state index >= 15 is 0 Å². The van der Waals surface area contributed by atoms with Crippen LogP contribution in [0.15, 0.2) is 10.5 Å². The summed E-state index contributed by atoms with van der Waals surface area (Å²) >= 11 is 0. The molecular formula is C9H12O4. The van der Waals surface area contributed by atoms with Crippen molar-refractivity contribution < 1.29 is 19.1 Å². The third kappa shape index (κ3) is 2.32. The fourth-order valence-corrected chi connectivity index (χ4v) is 1.03. The predicted molar refractivity (Wildman–Crippen MR) is 45.7 cm³/mol. The lowest BCUT2D eigenvalue weighted by Gasteiger charge is -1.94. The molecule has 0 unspecified atom stereocenters. The Bertz CT molecular complexity index is 301. The molecule has 1 aromatic rings. The van der Waals surface area contributed by atoms with E-state index in [9.17, 15) is 4.79 Å². The highest BCUT2D eigenvalue weighted by Gasteiger charge is 2.13. The summed E-state index contributed by atoms with van der Waals surface area (Å²) in [5.41, 5.74) is 0.203. The first-order valence-electron chi connectivity index (χ1n) is 4.05. The molecule has 1 N–H and O–H groups in total. The molecule has 0 radical (unpaired) electrons. The number of aryl methyl sites for hydroxylation is 1. The molecule has 0 aliphatic heterocycles. The Hall–Kier alpha value is -1.29. The van der Waals surface area contributed by atoms with Crippen LogP contribution in [0.3, 0.4) is 0 Å². The van der Waals surface area contributed by atoms with E-state index in [0.29, 0.717) is 24.7 Å². The number of hydrogen-bond acceptors (Lipinski definition) is 3. The number of carbonyl (C=O) groups is 1. The first-order chi connectivity index (χ1) is 6.15. The maximum Gasteiger partial charge on any atom is 0.339 e. The average molecular weight is 184 g/mol. The molecule has 0 fully saturated rings. The maximum absolute atomic E-state index is 10.6. The molecule has 0 saturated heterocycles. The van der Waals surface area contributed by atoms with Crippen LogP contribution in [0.2, 0.25) is 0 Å². The summed E-state index contributed by atoms with van der Waals surface area (Å²) in [7, 11) is 0. The van der Waals surface area contributed by atoms with Gasteiger partial charge in [-0.05, 0) is 19.9 Å². The third-order valence-corrected chi connectivity index (χ3v) is 1.65. The van der Waals surface area contributed by atoms with E-state index in [0.717, 1.165) is 0 Å². The van der Waals surface area contributed by atoms with E-state index in [1.807, 2.05) is 6.92 Å². The summed E-state index contributed by atoms with van der Waals surface area (Å²) in [6.07, 6.45) is 0. The number of aromatic carboxylic acids is 1. The van der Waals surface area contributed by atoms with Crippen LogP contribution in [0, 0.1) is 6.92 Å². The largest absolute Gasteiger partial charge is 0.478 e. The third-order valence-electron chi connectivity index (χ3n) is 1.65. The molecule has 72 valence electrons. The first-order valence-corrected chi connectivity index (χ1v) is 4.05. The van der Waals surface area contributed by atoms with Crippen LogP contribution in [0.5, 0.6) is 0 Å². The lowest BCUT2D eigenvalue weighted by molar-refractivity contribution is 0.0695. The zero-order valence-corrected chi connectivity index (χ0v) is 7.66. The van der Waals surface area contributed by atoms with Gasteiger partial charge in [-0.15, -0.1) is 0 Å². The van der Waals surface area contributed by atoms with Gasteiger partial charge in [0.2, 0.25) is 0 Å². The van der Waals surface area contributed by atoms with Gasteiger partial charge in [-0.1, -0.05) is 0 Å². The Morgan fingerprint density at radius 1 is 1.69 bits per heavy atom. The number of furan rings is 1. The fourth-order valence-electron chi connectivity index (χ4n) is 1.03. The number of rotatable bonds is 4. The summed E-state index contributed by atoms with van der Waals surface area (Å²) in [4.78, 5) is 10.6. The molecule has 0 aliphatic rings. The predicted octanol–water partition coefficient (Wildman–Crippen LogP) is 1.82. The van der Waals surface area contributed by atoms with Crippen molar-refractivity contribution in [3.63, 3.8) is 0 Å². The Labute approximate surface area is 76.1 Å². The number of carboxylic acid groups (broad SMARTS) is 1. The van der Waals surface area contributed by atoms with Crippen LogP contribution < -0.4 is 0 Å². The van der Waals surface area contributed by atoms with E-state index < -0.39 is 5.97 Å². The Kier molecular flexibility index (Phi) is 3.08. The van der Waals surface area contributed by atoms with E-state index in [-0.39, 0.29) is 5.56 Å². The monoisotopic (exact) mass is 184 g/mol. The molecular weight excluding hydrogens is 172 g/mol. The van der Waals surface area contributed by atoms with Crippen LogP contribution in [0.25, 0.3) is 0 Å². The Morgan fingerprint density at radius 3 is 2.85 bits per heavy atom. The smallest absolute Gasteiger partial charge is 0.339 e. The van der Waals surface area contributed by atoms with Gasteiger partial charge in [-0.2, -0.15) is 0 Å². The number of hydrogen-bond donors (Lipinski definition) is 1. The van der Waals surface area contributed by atoms with Crippen LogP contribution in [0.1, 0.15) is 28.8 Å². The van der Waals surface area contributed by atoms with Crippen molar-refractivity contribution >= 4 is 5.97 Å². The fraction of sp³-hybridized carbons (Fsp3) is 0.444. The summed E-state index contributed by atoms with van der Waals surface area (Å²) in [5, 5.41) is 8.70. The normalized spacial score (nSPS) is 10.3. The standard InChI is InChI=1S/C9H12O4/c1-3-12-5-7-4-8(9(10)11)6(2)13-7/h4H,3,5H2,1-2H3,(H,10,11). The highest BCUT2D eigenvalue weighted by atomic mass is 16.5. The molecule has 0 spiro atoms. The van der Waals surface area contributed by atoms with Gasteiger partial charge in [0, 0.05) is 6.61 Å². The average Bonchev–Trinajstić information content (AvgIpc) is 2.43. The molecule has 1 aromatic heterocycles. The molecule has 0 saturated carbocycles. The SMILES string of the molecule is CCOCc1cc(C(=O)O)c(C)o1. The molecule has 0 amide bonds. The van der Waals surface area contributed by atoms with E-state index in [1.54, 1.807) is 6.92 Å². The van der Waals surface area contributed by atoms with Gasteiger partial charge < -0.3 is 14.3 Å². The minimum absolute atomic E-state index is 0.203. The van der Waals surface area contributed by atoms with E-state index in [1.165, 1.54) is 6.07 Å². The number of carboxylic acids is 1. The van der Waals surface area contributed by atoms with E-state index in [4.69, 9.17) is 14.3 Å². The highest BCUT2D eigenvalue weighted by Crippen LogP contribution is 2.15. The second-order valence-electron chi connectivity index (χ2n) is 2.62. The van der Waals surface area contributed by atoms with Crippen molar-refractivity contribution in [1.82, 2.24) is 0 Å². The van der Waals surface area contributed by atoms with E-state index in [2.05, 4.69) is 0 Å². The second kappa shape index (κ2) is 4.09. The first kappa shape index (κ1) is 9.80. The molecule has 4 heteroatoms. The van der Waals surface area contributed by atoms with Gasteiger partial charge in [0.05, 0.1) is 0 Å². The van der Waals surface area contributed by atoms with Crippen LogP contribution >= 0.6 is 0 Å². The second-order valence-corrected chi connectivity index (χ2v) is 2.62. The molecule has 0 atom stereocenters. The molecule has 1 rings (SSSR count). The van der Waals surface area contributed by atoms with Crippen molar-refractivity contribution in [2.45, 2.75) is 20.5 Å². The highest BCUT2D eigenvalue weighted by molar-refractivity contribution is 5.88. The molecule has 1 heterocycles.